The predicted molar refractivity (Wildman–Crippen MR) is 66.0 cm³/mol. The Hall–Kier alpha value is -2.84. The third kappa shape index (κ3) is 3.02. The lowest BCUT2D eigenvalue weighted by molar-refractivity contribution is 0.0675. The molecule has 7 nitrogen and oxygen atoms in total. The molecule has 1 heterocycles. The van der Waals surface area contributed by atoms with E-state index in [2.05, 4.69) is 10.3 Å². The molecular weight excluding hydrogens is 286 g/mol. The van der Waals surface area contributed by atoms with Crippen molar-refractivity contribution < 1.29 is 23.5 Å². The van der Waals surface area contributed by atoms with Crippen LogP contribution < -0.4 is 5.73 Å². The van der Waals surface area contributed by atoms with Gasteiger partial charge in [0, 0.05) is 5.56 Å². The van der Waals surface area contributed by atoms with Gasteiger partial charge in [0.1, 0.15) is 5.69 Å². The smallest absolute Gasteiger partial charge is 0.358 e. The summed E-state index contributed by atoms with van der Waals surface area (Å²) in [4.78, 5) is 21.9. The van der Waals surface area contributed by atoms with E-state index in [1.165, 1.54) is 18.2 Å². The summed E-state index contributed by atoms with van der Waals surface area (Å²) < 4.78 is 26.7. The minimum Gasteiger partial charge on any atom is -0.476 e. The zero-order chi connectivity index (χ0) is 15.6. The number of primary amides is 1. The van der Waals surface area contributed by atoms with Gasteiger partial charge in [0.2, 0.25) is 5.91 Å². The van der Waals surface area contributed by atoms with Crippen molar-refractivity contribution in [2.75, 3.05) is 0 Å². The predicted octanol–water partition coefficient (Wildman–Crippen LogP) is 1.06. The molecule has 0 aliphatic rings. The minimum atomic E-state index is -3.04. The van der Waals surface area contributed by atoms with Gasteiger partial charge in [-0.2, -0.15) is 0 Å². The number of carbonyl (C=O) groups is 2. The van der Waals surface area contributed by atoms with Gasteiger partial charge in [0.05, 0.1) is 6.54 Å². The molecule has 0 fully saturated rings. The number of aromatic carboxylic acids is 1. The maximum atomic E-state index is 13.0. The molecule has 0 unspecified atom stereocenters. The molecule has 9 heteroatoms. The summed E-state index contributed by atoms with van der Waals surface area (Å²) in [6.45, 7) is -0.152. The molecule has 0 saturated heterocycles. The average molecular weight is 296 g/mol. The first kappa shape index (κ1) is 14.6. The monoisotopic (exact) mass is 296 g/mol. The molecule has 21 heavy (non-hydrogen) atoms. The van der Waals surface area contributed by atoms with Crippen molar-refractivity contribution in [3.8, 4) is 0 Å². The number of amides is 1. The van der Waals surface area contributed by atoms with Crippen LogP contribution in [0.5, 0.6) is 0 Å². The molecule has 0 bridgehead atoms. The number of nitrogens with zero attached hydrogens (tertiary/aromatic N) is 3. The second-order valence-corrected chi connectivity index (χ2v) is 4.15. The number of benzene rings is 1. The van der Waals surface area contributed by atoms with Crippen molar-refractivity contribution in [1.82, 2.24) is 15.0 Å². The Kier molecular flexibility index (Phi) is 3.92. The Balaban J connectivity index is 2.38. The maximum Gasteiger partial charge on any atom is 0.358 e. The quantitative estimate of drug-likeness (QED) is 0.857. The van der Waals surface area contributed by atoms with E-state index < -0.39 is 29.7 Å². The van der Waals surface area contributed by atoms with Crippen LogP contribution in [0.4, 0.5) is 8.78 Å². The van der Waals surface area contributed by atoms with E-state index in [4.69, 9.17) is 10.8 Å². The van der Waals surface area contributed by atoms with E-state index in [1.807, 2.05) is 0 Å². The number of halogens is 2. The summed E-state index contributed by atoms with van der Waals surface area (Å²) in [5.74, 6) is -2.24. The van der Waals surface area contributed by atoms with Crippen molar-refractivity contribution in [3.63, 3.8) is 0 Å². The lowest BCUT2D eigenvalue weighted by Crippen LogP contribution is -2.13. The first-order valence-electron chi connectivity index (χ1n) is 5.73. The van der Waals surface area contributed by atoms with Crippen LogP contribution in [-0.4, -0.2) is 32.0 Å². The fourth-order valence-corrected chi connectivity index (χ4v) is 1.80. The molecule has 0 spiro atoms. The highest BCUT2D eigenvalue weighted by atomic mass is 19.3. The van der Waals surface area contributed by atoms with Crippen LogP contribution in [0.25, 0.3) is 0 Å². The van der Waals surface area contributed by atoms with Gasteiger partial charge in [-0.25, -0.2) is 18.3 Å². The Bertz CT molecular complexity index is 700. The number of carboxylic acid groups (broad SMARTS) is 1. The number of hydrogen-bond acceptors (Lipinski definition) is 4. The Labute approximate surface area is 117 Å². The largest absolute Gasteiger partial charge is 0.476 e. The number of alkyl halides is 2. The summed E-state index contributed by atoms with van der Waals surface area (Å²) >= 11 is 0. The normalized spacial score (nSPS) is 10.8. The fourth-order valence-electron chi connectivity index (χ4n) is 1.80. The minimum absolute atomic E-state index is 0.152. The van der Waals surface area contributed by atoms with Gasteiger partial charge in [0.25, 0.3) is 6.43 Å². The first-order valence-corrected chi connectivity index (χ1v) is 5.73. The van der Waals surface area contributed by atoms with Crippen molar-refractivity contribution in [1.29, 1.82) is 0 Å². The zero-order valence-electron chi connectivity index (χ0n) is 10.5. The molecule has 1 aromatic heterocycles. The lowest BCUT2D eigenvalue weighted by Gasteiger charge is -2.07. The Morgan fingerprint density at radius 2 is 2.10 bits per heavy atom. The second kappa shape index (κ2) is 5.65. The summed E-state index contributed by atoms with van der Waals surface area (Å²) in [5, 5.41) is 15.5. The Morgan fingerprint density at radius 1 is 1.38 bits per heavy atom. The van der Waals surface area contributed by atoms with Crippen LogP contribution in [0.1, 0.15) is 38.5 Å². The molecular formula is C12H10F2N4O3. The molecule has 0 aliphatic carbocycles. The molecule has 1 amide bonds. The van der Waals surface area contributed by atoms with E-state index in [1.54, 1.807) is 6.07 Å². The number of aromatic nitrogens is 3. The average Bonchev–Trinajstić information content (AvgIpc) is 2.83. The van der Waals surface area contributed by atoms with Gasteiger partial charge < -0.3 is 10.8 Å². The highest BCUT2D eigenvalue weighted by Gasteiger charge is 2.26. The maximum absolute atomic E-state index is 13.0. The second-order valence-electron chi connectivity index (χ2n) is 4.15. The third-order valence-electron chi connectivity index (χ3n) is 2.73. The van der Waals surface area contributed by atoms with Gasteiger partial charge in [-0.05, 0) is 17.7 Å². The molecule has 0 aliphatic heterocycles. The molecule has 3 N–H and O–H groups in total. The van der Waals surface area contributed by atoms with Crippen molar-refractivity contribution >= 4 is 11.9 Å². The van der Waals surface area contributed by atoms with Gasteiger partial charge in [-0.3, -0.25) is 4.79 Å². The topological polar surface area (TPSA) is 111 Å². The van der Waals surface area contributed by atoms with Crippen LogP contribution in [0.3, 0.4) is 0 Å². The Morgan fingerprint density at radius 3 is 2.67 bits per heavy atom. The number of carbonyl (C=O) groups excluding carboxylic acids is 1. The van der Waals surface area contributed by atoms with Crippen molar-refractivity contribution in [3.05, 3.63) is 46.8 Å². The number of carboxylic acids is 1. The molecule has 2 rings (SSSR count). The molecule has 0 radical (unpaired) electrons. The van der Waals surface area contributed by atoms with Crippen molar-refractivity contribution in [2.45, 2.75) is 13.0 Å². The summed E-state index contributed by atoms with van der Waals surface area (Å²) in [5.41, 5.74) is 4.23. The summed E-state index contributed by atoms with van der Waals surface area (Å²) in [6, 6.07) is 6.00. The molecule has 0 atom stereocenters. The number of rotatable bonds is 5. The van der Waals surface area contributed by atoms with E-state index in [0.717, 1.165) is 4.68 Å². The molecule has 110 valence electrons. The standard InChI is InChI=1S/C12H10F2N4O3/c13-10(14)9-8(12(20)21)16-17-18(9)5-6-2-1-3-7(4-6)11(15)19/h1-4,10H,5H2,(H2,15,19)(H,20,21). The third-order valence-corrected chi connectivity index (χ3v) is 2.73. The highest BCUT2D eigenvalue weighted by molar-refractivity contribution is 5.92. The van der Waals surface area contributed by atoms with Crippen LogP contribution in [0.15, 0.2) is 24.3 Å². The molecule has 2 aromatic rings. The van der Waals surface area contributed by atoms with Gasteiger partial charge >= 0.3 is 5.97 Å². The molecule has 1 aromatic carbocycles. The fraction of sp³-hybridized carbons (Fsp3) is 0.167. The van der Waals surface area contributed by atoms with Crippen molar-refractivity contribution in [2.24, 2.45) is 5.73 Å². The lowest BCUT2D eigenvalue weighted by atomic mass is 10.1. The van der Waals surface area contributed by atoms with E-state index in [9.17, 15) is 18.4 Å². The van der Waals surface area contributed by atoms with Crippen LogP contribution in [0, 0.1) is 0 Å². The van der Waals surface area contributed by atoms with Crippen LogP contribution >= 0.6 is 0 Å². The van der Waals surface area contributed by atoms with Crippen LogP contribution in [-0.2, 0) is 6.54 Å². The van der Waals surface area contributed by atoms with E-state index in [0.29, 0.717) is 5.56 Å². The zero-order valence-corrected chi connectivity index (χ0v) is 10.5. The first-order chi connectivity index (χ1) is 9.90. The van der Waals surface area contributed by atoms with E-state index >= 15 is 0 Å². The number of hydrogen-bond donors (Lipinski definition) is 2. The summed E-state index contributed by atoms with van der Waals surface area (Å²) in [7, 11) is 0. The van der Waals surface area contributed by atoms with E-state index in [-0.39, 0.29) is 12.1 Å². The number of nitrogens with two attached hydrogens (primary N) is 1. The molecule has 0 saturated carbocycles. The highest BCUT2D eigenvalue weighted by Crippen LogP contribution is 2.22. The van der Waals surface area contributed by atoms with Crippen LogP contribution in [0.2, 0.25) is 0 Å². The van der Waals surface area contributed by atoms with Gasteiger partial charge in [-0.15, -0.1) is 5.10 Å². The summed E-state index contributed by atoms with van der Waals surface area (Å²) in [6.07, 6.45) is -3.04. The van der Waals surface area contributed by atoms with Gasteiger partial charge in [-0.1, -0.05) is 17.3 Å². The van der Waals surface area contributed by atoms with Gasteiger partial charge in [0.15, 0.2) is 5.69 Å². The SMILES string of the molecule is NC(=O)c1cccc(Cn2nnc(C(=O)O)c2C(F)F)c1.